The second-order valence-corrected chi connectivity index (χ2v) is 6.55. The van der Waals surface area contributed by atoms with Crippen LogP contribution in [-0.2, 0) is 0 Å². The molecule has 0 bridgehead atoms. The molecule has 0 aliphatic rings. The Morgan fingerprint density at radius 3 is 2.57 bits per heavy atom. The Labute approximate surface area is 161 Å². The molecule has 1 amide bonds. The van der Waals surface area contributed by atoms with Gasteiger partial charge in [-0.3, -0.25) is 4.79 Å². The highest BCUT2D eigenvalue weighted by atomic mass is 19.1. The fraction of sp³-hybridized carbons (Fsp3) is 0.0909. The number of rotatable bonds is 4. The minimum absolute atomic E-state index is 0.349. The van der Waals surface area contributed by atoms with Crippen molar-refractivity contribution in [3.8, 4) is 17.1 Å². The number of hydrogen-bond donors (Lipinski definition) is 1. The van der Waals surface area contributed by atoms with Gasteiger partial charge in [0, 0.05) is 11.8 Å². The first-order valence-corrected chi connectivity index (χ1v) is 8.80. The number of anilines is 1. The molecule has 4 rings (SSSR count). The number of benzene rings is 2. The number of nitrogens with zero attached hydrogens (tertiary/aromatic N) is 2. The van der Waals surface area contributed by atoms with Crippen molar-refractivity contribution in [2.45, 2.75) is 13.8 Å². The third-order valence-electron chi connectivity index (χ3n) is 4.41. The molecule has 0 aliphatic heterocycles. The average Bonchev–Trinajstić information content (AvgIpc) is 3.35. The van der Waals surface area contributed by atoms with Gasteiger partial charge < -0.3 is 9.73 Å². The van der Waals surface area contributed by atoms with Crippen LogP contribution in [0.5, 0.6) is 0 Å². The zero-order valence-electron chi connectivity index (χ0n) is 15.4. The summed E-state index contributed by atoms with van der Waals surface area (Å²) in [7, 11) is 0. The first-order chi connectivity index (χ1) is 13.5. The van der Waals surface area contributed by atoms with Gasteiger partial charge in [0.15, 0.2) is 5.76 Å². The smallest absolute Gasteiger partial charge is 0.274 e. The minimum atomic E-state index is -0.362. The van der Waals surface area contributed by atoms with Crippen LogP contribution in [0.25, 0.3) is 17.1 Å². The molecule has 0 saturated heterocycles. The van der Waals surface area contributed by atoms with Gasteiger partial charge in [-0.25, -0.2) is 9.07 Å². The van der Waals surface area contributed by atoms with Gasteiger partial charge in [-0.2, -0.15) is 5.10 Å². The van der Waals surface area contributed by atoms with Gasteiger partial charge in [-0.15, -0.1) is 0 Å². The van der Waals surface area contributed by atoms with Crippen molar-refractivity contribution < 1.29 is 13.6 Å². The molecule has 140 valence electrons. The summed E-state index contributed by atoms with van der Waals surface area (Å²) in [6.45, 7) is 3.95. The lowest BCUT2D eigenvalue weighted by Crippen LogP contribution is -2.17. The van der Waals surface area contributed by atoms with Crippen LogP contribution in [0, 0.1) is 19.7 Å². The number of aryl methyl sites for hydroxylation is 2. The summed E-state index contributed by atoms with van der Waals surface area (Å²) in [6, 6.07) is 16.8. The number of amides is 1. The van der Waals surface area contributed by atoms with Gasteiger partial charge in [-0.1, -0.05) is 12.1 Å². The van der Waals surface area contributed by atoms with Gasteiger partial charge in [0.1, 0.15) is 17.2 Å². The molecule has 0 atom stereocenters. The van der Waals surface area contributed by atoms with E-state index in [4.69, 9.17) is 4.42 Å². The average molecular weight is 375 g/mol. The van der Waals surface area contributed by atoms with Crippen LogP contribution in [0.4, 0.5) is 10.1 Å². The molecule has 5 nitrogen and oxygen atoms in total. The Bertz CT molecular complexity index is 1130. The van der Waals surface area contributed by atoms with Crippen LogP contribution in [0.1, 0.15) is 21.6 Å². The number of halogens is 1. The summed E-state index contributed by atoms with van der Waals surface area (Å²) in [5, 5.41) is 7.39. The molecule has 6 heteroatoms. The van der Waals surface area contributed by atoms with Crippen LogP contribution >= 0.6 is 0 Å². The first kappa shape index (κ1) is 17.7. The van der Waals surface area contributed by atoms with E-state index in [1.165, 1.54) is 24.3 Å². The number of carbonyl (C=O) groups excluding carboxylic acids is 1. The van der Waals surface area contributed by atoms with E-state index in [0.717, 1.165) is 16.8 Å². The summed E-state index contributed by atoms with van der Waals surface area (Å²) in [5.41, 5.74) is 4.25. The molecule has 2 aromatic carbocycles. The van der Waals surface area contributed by atoms with E-state index < -0.39 is 0 Å². The monoisotopic (exact) mass is 375 g/mol. The third kappa shape index (κ3) is 3.44. The number of nitrogens with one attached hydrogen (secondary N) is 1. The van der Waals surface area contributed by atoms with Crippen molar-refractivity contribution >= 4 is 11.6 Å². The van der Waals surface area contributed by atoms with Crippen molar-refractivity contribution in [3.63, 3.8) is 0 Å². The molecule has 0 fully saturated rings. The molecule has 2 aromatic heterocycles. The summed E-state index contributed by atoms with van der Waals surface area (Å²) in [6.07, 6.45) is 1.56. The quantitative estimate of drug-likeness (QED) is 0.537. The Hall–Kier alpha value is -3.67. The Morgan fingerprint density at radius 1 is 1.07 bits per heavy atom. The second kappa shape index (κ2) is 7.15. The third-order valence-corrected chi connectivity index (χ3v) is 4.41. The van der Waals surface area contributed by atoms with E-state index in [2.05, 4.69) is 10.4 Å². The van der Waals surface area contributed by atoms with E-state index in [1.54, 1.807) is 29.1 Å². The van der Waals surface area contributed by atoms with Crippen LogP contribution in [0.15, 0.2) is 71.3 Å². The van der Waals surface area contributed by atoms with Gasteiger partial charge in [0.2, 0.25) is 0 Å². The summed E-state index contributed by atoms with van der Waals surface area (Å²) < 4.78 is 20.2. The van der Waals surface area contributed by atoms with Crippen LogP contribution in [0.2, 0.25) is 0 Å². The highest BCUT2D eigenvalue weighted by Crippen LogP contribution is 2.25. The predicted molar refractivity (Wildman–Crippen MR) is 105 cm³/mol. The Balaban J connectivity index is 1.79. The molecule has 0 unspecified atom stereocenters. The van der Waals surface area contributed by atoms with Crippen LogP contribution in [0.3, 0.4) is 0 Å². The van der Waals surface area contributed by atoms with Crippen LogP contribution < -0.4 is 5.32 Å². The van der Waals surface area contributed by atoms with Crippen LogP contribution in [-0.4, -0.2) is 15.7 Å². The Kier molecular flexibility index (Phi) is 4.53. The molecule has 0 aliphatic carbocycles. The zero-order chi connectivity index (χ0) is 19.7. The second-order valence-electron chi connectivity index (χ2n) is 6.55. The van der Waals surface area contributed by atoms with Crippen molar-refractivity contribution in [2.75, 3.05) is 5.32 Å². The van der Waals surface area contributed by atoms with Gasteiger partial charge >= 0.3 is 0 Å². The summed E-state index contributed by atoms with van der Waals surface area (Å²) in [4.78, 5) is 13.0. The number of hydrogen-bond acceptors (Lipinski definition) is 3. The van der Waals surface area contributed by atoms with Crippen molar-refractivity contribution in [1.29, 1.82) is 0 Å². The maximum absolute atomic E-state index is 13.1. The maximum atomic E-state index is 13.1. The summed E-state index contributed by atoms with van der Waals surface area (Å²) in [5.74, 6) is -0.142. The molecule has 0 saturated carbocycles. The molecule has 28 heavy (non-hydrogen) atoms. The number of aromatic nitrogens is 2. The zero-order valence-corrected chi connectivity index (χ0v) is 15.4. The van der Waals surface area contributed by atoms with E-state index in [-0.39, 0.29) is 11.7 Å². The molecule has 0 radical (unpaired) electrons. The lowest BCUT2D eigenvalue weighted by atomic mass is 10.1. The van der Waals surface area contributed by atoms with E-state index in [0.29, 0.717) is 22.8 Å². The van der Waals surface area contributed by atoms with Crippen molar-refractivity contribution in [3.05, 3.63) is 89.6 Å². The minimum Gasteiger partial charge on any atom is -0.463 e. The van der Waals surface area contributed by atoms with Crippen molar-refractivity contribution in [1.82, 2.24) is 9.78 Å². The van der Waals surface area contributed by atoms with Crippen molar-refractivity contribution in [2.24, 2.45) is 0 Å². The highest BCUT2D eigenvalue weighted by Gasteiger charge is 2.20. The lowest BCUT2D eigenvalue weighted by molar-refractivity contribution is 0.101. The summed E-state index contributed by atoms with van der Waals surface area (Å²) >= 11 is 0. The predicted octanol–water partition coefficient (Wildman–Crippen LogP) is 5.14. The number of furan rings is 1. The van der Waals surface area contributed by atoms with Gasteiger partial charge in [-0.05, 0) is 67.4 Å². The molecular formula is C22H18FN3O2. The van der Waals surface area contributed by atoms with Gasteiger partial charge in [0.05, 0.1) is 12.0 Å². The number of carbonyl (C=O) groups is 1. The van der Waals surface area contributed by atoms with E-state index in [9.17, 15) is 9.18 Å². The maximum Gasteiger partial charge on any atom is 0.274 e. The fourth-order valence-electron chi connectivity index (χ4n) is 2.95. The largest absolute Gasteiger partial charge is 0.463 e. The lowest BCUT2D eigenvalue weighted by Gasteiger charge is -2.11. The topological polar surface area (TPSA) is 60.1 Å². The van der Waals surface area contributed by atoms with Gasteiger partial charge in [0.25, 0.3) is 5.91 Å². The molecule has 4 aromatic rings. The SMILES string of the molecule is Cc1ccc(C)c(-n2nc(-c3ccco3)cc2C(=O)Nc2ccc(F)cc2)c1. The standard InChI is InChI=1S/C22H18FN3O2/c1-14-5-6-15(2)19(12-14)26-20(13-18(25-26)21-4-3-11-28-21)22(27)24-17-9-7-16(23)8-10-17/h3-13H,1-2H3,(H,24,27). The van der Waals surface area contributed by atoms with E-state index >= 15 is 0 Å². The fourth-order valence-corrected chi connectivity index (χ4v) is 2.95. The highest BCUT2D eigenvalue weighted by molar-refractivity contribution is 6.04. The first-order valence-electron chi connectivity index (χ1n) is 8.80. The molecular weight excluding hydrogens is 357 g/mol. The molecule has 0 spiro atoms. The van der Waals surface area contributed by atoms with E-state index in [1.807, 2.05) is 32.0 Å². The molecule has 2 heterocycles. The Morgan fingerprint density at radius 2 is 1.86 bits per heavy atom. The molecule has 1 N–H and O–H groups in total. The normalized spacial score (nSPS) is 10.8.